The highest BCUT2D eigenvalue weighted by molar-refractivity contribution is 8.18. The summed E-state index contributed by atoms with van der Waals surface area (Å²) < 4.78 is 31.2. The summed E-state index contributed by atoms with van der Waals surface area (Å²) in [5.74, 6) is -1.16. The molecule has 0 unspecified atom stereocenters. The number of imide groups is 1. The summed E-state index contributed by atoms with van der Waals surface area (Å²) >= 11 is 8.52. The maximum Gasteiger partial charge on any atom is 0.296 e. The van der Waals surface area contributed by atoms with Crippen molar-refractivity contribution in [3.8, 4) is 5.69 Å². The molecule has 44 heavy (non-hydrogen) atoms. The second kappa shape index (κ2) is 12.5. The fraction of sp³-hybridized carbons (Fsp3) is 0.172. The zero-order chi connectivity index (χ0) is 31.8. The van der Waals surface area contributed by atoms with Crippen LogP contribution in [-0.4, -0.2) is 59.9 Å². The molecule has 3 amide bonds. The Hall–Kier alpha value is -4.11. The molecule has 0 radical (unpaired) electrons. The van der Waals surface area contributed by atoms with Crippen molar-refractivity contribution in [1.29, 1.82) is 0 Å². The monoisotopic (exact) mass is 671 g/mol. The van der Waals surface area contributed by atoms with Crippen LogP contribution in [0, 0.1) is 6.92 Å². The molecule has 3 heterocycles. The average molecular weight is 672 g/mol. The Morgan fingerprint density at radius 1 is 1.07 bits per heavy atom. The first-order valence-electron chi connectivity index (χ1n) is 13.1. The second-order valence-electron chi connectivity index (χ2n) is 9.63. The number of benzene rings is 2. The molecule has 0 saturated carbocycles. The van der Waals surface area contributed by atoms with Gasteiger partial charge in [-0.1, -0.05) is 35.9 Å². The number of aromatic nitrogens is 2. The van der Waals surface area contributed by atoms with Gasteiger partial charge in [0, 0.05) is 32.1 Å². The van der Waals surface area contributed by atoms with E-state index in [0.717, 1.165) is 31.9 Å². The number of carbonyl (C=O) groups is 3. The van der Waals surface area contributed by atoms with Crippen molar-refractivity contribution in [2.75, 3.05) is 24.4 Å². The normalized spacial score (nSPS) is 14.5. The number of anilines is 1. The van der Waals surface area contributed by atoms with Gasteiger partial charge in [-0.25, -0.2) is 13.1 Å². The van der Waals surface area contributed by atoms with Crippen LogP contribution < -0.4 is 15.2 Å². The molecule has 1 N–H and O–H groups in total. The van der Waals surface area contributed by atoms with E-state index in [4.69, 9.17) is 11.6 Å². The quantitative estimate of drug-likeness (QED) is 0.260. The van der Waals surface area contributed by atoms with Crippen molar-refractivity contribution in [1.82, 2.24) is 19.6 Å². The van der Waals surface area contributed by atoms with Crippen LogP contribution in [0.3, 0.4) is 0 Å². The molecule has 1 aliphatic heterocycles. The van der Waals surface area contributed by atoms with Crippen LogP contribution in [0.5, 0.6) is 0 Å². The number of para-hydroxylation sites is 1. The number of amides is 3. The molecule has 2 aromatic heterocycles. The lowest BCUT2D eigenvalue weighted by molar-refractivity contribution is -0.122. The van der Waals surface area contributed by atoms with E-state index < -0.39 is 32.6 Å². The zero-order valence-electron chi connectivity index (χ0n) is 23.7. The van der Waals surface area contributed by atoms with E-state index in [9.17, 15) is 27.6 Å². The van der Waals surface area contributed by atoms with Gasteiger partial charge in [-0.15, -0.1) is 11.3 Å². The van der Waals surface area contributed by atoms with E-state index in [2.05, 4.69) is 5.32 Å². The third-order valence-corrected chi connectivity index (χ3v) is 10.8. The highest BCUT2D eigenvalue weighted by Gasteiger charge is 2.35. The van der Waals surface area contributed by atoms with Gasteiger partial charge in [0.05, 0.1) is 31.8 Å². The largest absolute Gasteiger partial charge is 0.350 e. The van der Waals surface area contributed by atoms with E-state index in [-0.39, 0.29) is 39.2 Å². The smallest absolute Gasteiger partial charge is 0.296 e. The first-order valence-corrected chi connectivity index (χ1v) is 16.6. The maximum atomic E-state index is 13.7. The topological polar surface area (TPSA) is 131 Å². The number of hydrogen-bond acceptors (Lipinski definition) is 8. The standard InChI is InChI=1S/C29H26ClN5O6S3/c1-18-25(28(38)35(32(18)2)19-8-5-4-6-9-19)33(3)44(40,41)21-11-12-23(30)22(17-21)26(36)31-13-14-34-27(37)24(43-29(34)39)16-20-10-7-15-42-20/h4-12,15-17H,13-14H2,1-3H3,(H,31,36). The third kappa shape index (κ3) is 5.85. The fourth-order valence-electron chi connectivity index (χ4n) is 4.61. The summed E-state index contributed by atoms with van der Waals surface area (Å²) in [6, 6.07) is 16.1. The van der Waals surface area contributed by atoms with Gasteiger partial charge >= 0.3 is 0 Å². The maximum absolute atomic E-state index is 13.7. The number of halogens is 1. The molecular formula is C29H26ClN5O6S3. The van der Waals surface area contributed by atoms with Gasteiger partial charge in [-0.2, -0.15) is 0 Å². The summed E-state index contributed by atoms with van der Waals surface area (Å²) in [7, 11) is -1.39. The van der Waals surface area contributed by atoms with E-state index >= 15 is 0 Å². The lowest BCUT2D eigenvalue weighted by atomic mass is 10.2. The molecule has 228 valence electrons. The Kier molecular flexibility index (Phi) is 8.88. The van der Waals surface area contributed by atoms with Gasteiger partial charge in [0.25, 0.3) is 32.6 Å². The van der Waals surface area contributed by atoms with Gasteiger partial charge < -0.3 is 5.32 Å². The van der Waals surface area contributed by atoms with Crippen molar-refractivity contribution >= 4 is 73.5 Å². The van der Waals surface area contributed by atoms with E-state index in [1.165, 1.54) is 35.2 Å². The molecular weight excluding hydrogens is 646 g/mol. The van der Waals surface area contributed by atoms with Crippen LogP contribution in [0.15, 0.2) is 80.6 Å². The molecule has 4 aromatic rings. The van der Waals surface area contributed by atoms with Gasteiger partial charge in [0.1, 0.15) is 5.69 Å². The number of sulfonamides is 1. The minimum atomic E-state index is -4.31. The number of nitrogens with one attached hydrogen (secondary N) is 1. The van der Waals surface area contributed by atoms with E-state index in [0.29, 0.717) is 11.4 Å². The molecule has 0 bridgehead atoms. The predicted molar refractivity (Wildman–Crippen MR) is 172 cm³/mol. The van der Waals surface area contributed by atoms with Crippen molar-refractivity contribution in [3.63, 3.8) is 0 Å². The lowest BCUT2D eigenvalue weighted by Crippen LogP contribution is -2.37. The summed E-state index contributed by atoms with van der Waals surface area (Å²) in [5, 5.41) is 4.00. The second-order valence-corrected chi connectivity index (χ2v) is 14.0. The number of thioether (sulfide) groups is 1. The molecule has 5 rings (SSSR count). The van der Waals surface area contributed by atoms with Crippen molar-refractivity contribution < 1.29 is 22.8 Å². The van der Waals surface area contributed by atoms with Crippen LogP contribution in [0.1, 0.15) is 20.9 Å². The van der Waals surface area contributed by atoms with Crippen LogP contribution >= 0.6 is 34.7 Å². The Labute approximate surface area is 266 Å². The molecule has 0 aliphatic carbocycles. The number of hydrogen-bond donors (Lipinski definition) is 1. The Bertz CT molecular complexity index is 1970. The van der Waals surface area contributed by atoms with Gasteiger partial charge in [-0.05, 0) is 66.5 Å². The Morgan fingerprint density at radius 2 is 1.80 bits per heavy atom. The van der Waals surface area contributed by atoms with Crippen LogP contribution in [-0.2, 0) is 21.9 Å². The van der Waals surface area contributed by atoms with Gasteiger partial charge in [0.2, 0.25) is 0 Å². The molecule has 1 fully saturated rings. The average Bonchev–Trinajstić information content (AvgIpc) is 3.66. The minimum absolute atomic E-state index is 0.00326. The van der Waals surface area contributed by atoms with Crippen LogP contribution in [0.4, 0.5) is 10.5 Å². The molecule has 15 heteroatoms. The van der Waals surface area contributed by atoms with Crippen LogP contribution in [0.2, 0.25) is 5.02 Å². The molecule has 0 spiro atoms. The fourth-order valence-corrected chi connectivity index (χ4v) is 7.67. The number of nitrogens with zero attached hydrogens (tertiary/aromatic N) is 4. The predicted octanol–water partition coefficient (Wildman–Crippen LogP) is 4.49. The summed E-state index contributed by atoms with van der Waals surface area (Å²) in [6.45, 7) is 1.47. The number of thiophene rings is 1. The summed E-state index contributed by atoms with van der Waals surface area (Å²) in [5.41, 5.74) is 0.263. The van der Waals surface area contributed by atoms with Gasteiger partial charge in [0.15, 0.2) is 0 Å². The Morgan fingerprint density at radius 3 is 2.48 bits per heavy atom. The summed E-state index contributed by atoms with van der Waals surface area (Å²) in [4.78, 5) is 53.5. The molecule has 2 aromatic carbocycles. The molecule has 1 saturated heterocycles. The Balaban J connectivity index is 1.33. The first-order chi connectivity index (χ1) is 20.9. The third-order valence-electron chi connectivity index (χ3n) is 6.99. The van der Waals surface area contributed by atoms with Gasteiger partial charge in [-0.3, -0.25) is 33.1 Å². The molecule has 1 aliphatic rings. The van der Waals surface area contributed by atoms with Crippen LogP contribution in [0.25, 0.3) is 11.8 Å². The molecule has 11 nitrogen and oxygen atoms in total. The minimum Gasteiger partial charge on any atom is -0.350 e. The van der Waals surface area contributed by atoms with E-state index in [1.54, 1.807) is 55.1 Å². The van der Waals surface area contributed by atoms with Crippen molar-refractivity contribution in [2.24, 2.45) is 7.05 Å². The van der Waals surface area contributed by atoms with Crippen molar-refractivity contribution in [2.45, 2.75) is 11.8 Å². The van der Waals surface area contributed by atoms with E-state index in [1.807, 2.05) is 17.5 Å². The van der Waals surface area contributed by atoms with Crippen molar-refractivity contribution in [3.05, 3.63) is 102 Å². The lowest BCUT2D eigenvalue weighted by Gasteiger charge is -2.19. The molecule has 0 atom stereocenters. The number of rotatable bonds is 9. The zero-order valence-corrected chi connectivity index (χ0v) is 26.9. The first kappa shape index (κ1) is 31.3. The highest BCUT2D eigenvalue weighted by atomic mass is 35.5. The summed E-state index contributed by atoms with van der Waals surface area (Å²) in [6.07, 6.45) is 1.64. The SMILES string of the molecule is Cc1c(N(C)S(=O)(=O)c2ccc(Cl)c(C(=O)NCCN3C(=O)SC(=Cc4cccs4)C3=O)c2)c(=O)n(-c2ccccc2)n1C. The highest BCUT2D eigenvalue weighted by Crippen LogP contribution is 2.33. The number of carbonyl (C=O) groups excluding carboxylic acids is 3.